The van der Waals surface area contributed by atoms with Crippen LogP contribution in [0.3, 0.4) is 0 Å². The Balaban J connectivity index is 3.53. The van der Waals surface area contributed by atoms with E-state index in [0.717, 1.165) is 0 Å². The first kappa shape index (κ1) is 7.63. The van der Waals surface area contributed by atoms with Crippen LogP contribution >= 0.6 is 0 Å². The van der Waals surface area contributed by atoms with Crippen molar-refractivity contribution in [2.45, 2.75) is 20.3 Å². The third-order valence-electron chi connectivity index (χ3n) is 0.979. The van der Waals surface area contributed by atoms with Gasteiger partial charge in [0.05, 0.1) is 0 Å². The van der Waals surface area contributed by atoms with Gasteiger partial charge in [-0.3, -0.25) is 4.79 Å². The van der Waals surface area contributed by atoms with Crippen LogP contribution in [0.2, 0.25) is 0 Å². The zero-order valence-corrected chi connectivity index (χ0v) is 5.27. The summed E-state index contributed by atoms with van der Waals surface area (Å²) in [4.78, 5) is 9.74. The van der Waals surface area contributed by atoms with Crippen molar-refractivity contribution in [2.24, 2.45) is 5.41 Å². The monoisotopic (exact) mass is 115 g/mol. The van der Waals surface area contributed by atoms with Gasteiger partial charge >= 0.3 is 0 Å². The number of hydrogen-bond acceptors (Lipinski definition) is 2. The Kier molecular flexibility index (Phi) is 2.69. The van der Waals surface area contributed by atoms with E-state index < -0.39 is 0 Å². The maximum atomic E-state index is 9.74. The Morgan fingerprint density at radius 3 is 2.25 bits per heavy atom. The summed E-state index contributed by atoms with van der Waals surface area (Å²) in [6.07, 6.45) is 2.06. The molecular formula is C6H11O2. The van der Waals surface area contributed by atoms with E-state index in [1.54, 1.807) is 6.29 Å². The Labute approximate surface area is 49.5 Å². The van der Waals surface area contributed by atoms with Crippen LogP contribution in [0.5, 0.6) is 0 Å². The number of hydrogen-bond donors (Lipinski definition) is 1. The summed E-state index contributed by atoms with van der Waals surface area (Å²) in [7, 11) is 0. The van der Waals surface area contributed by atoms with Crippen LogP contribution in [0.4, 0.5) is 0 Å². The lowest BCUT2D eigenvalue weighted by atomic mass is 9.92. The molecule has 0 amide bonds. The van der Waals surface area contributed by atoms with Gasteiger partial charge in [-0.1, -0.05) is 13.8 Å². The predicted molar refractivity (Wildman–Crippen MR) is 31.2 cm³/mol. The van der Waals surface area contributed by atoms with Gasteiger partial charge in [-0.25, -0.2) is 0 Å². The average molecular weight is 115 g/mol. The zero-order chi connectivity index (χ0) is 6.62. The van der Waals surface area contributed by atoms with Crippen molar-refractivity contribution in [1.29, 1.82) is 0 Å². The Hall–Kier alpha value is -0.370. The Morgan fingerprint density at radius 1 is 1.62 bits per heavy atom. The number of carbonyl (C=O) groups excluding carboxylic acids is 1. The molecular weight excluding hydrogens is 104 g/mol. The lowest BCUT2D eigenvalue weighted by molar-refractivity contribution is 0.165. The molecule has 47 valence electrons. The van der Waals surface area contributed by atoms with E-state index in [2.05, 4.69) is 0 Å². The van der Waals surface area contributed by atoms with Crippen molar-refractivity contribution in [3.63, 3.8) is 0 Å². The van der Waals surface area contributed by atoms with Crippen LogP contribution in [0.25, 0.3) is 0 Å². The smallest absolute Gasteiger partial charge is 0.199 e. The van der Waals surface area contributed by atoms with E-state index >= 15 is 0 Å². The third-order valence-corrected chi connectivity index (χ3v) is 0.979. The molecule has 1 radical (unpaired) electrons. The highest BCUT2D eigenvalue weighted by Crippen LogP contribution is 2.16. The number of rotatable bonds is 3. The zero-order valence-electron chi connectivity index (χ0n) is 5.27. The molecule has 0 aromatic heterocycles. The van der Waals surface area contributed by atoms with Crippen molar-refractivity contribution in [1.82, 2.24) is 0 Å². The number of aliphatic hydroxyl groups is 1. The molecule has 1 N–H and O–H groups in total. The molecule has 0 saturated carbocycles. The highest BCUT2D eigenvalue weighted by atomic mass is 16.3. The van der Waals surface area contributed by atoms with Crippen molar-refractivity contribution in [3.8, 4) is 0 Å². The first-order chi connectivity index (χ1) is 3.62. The van der Waals surface area contributed by atoms with Crippen LogP contribution in [0.1, 0.15) is 20.3 Å². The first-order valence-electron chi connectivity index (χ1n) is 2.58. The van der Waals surface area contributed by atoms with Crippen molar-refractivity contribution in [3.05, 3.63) is 0 Å². The summed E-state index contributed by atoms with van der Waals surface area (Å²) in [5, 5.41) is 8.55. The summed E-state index contributed by atoms with van der Waals surface area (Å²) >= 11 is 0. The summed E-state index contributed by atoms with van der Waals surface area (Å²) in [5.74, 6) is 0. The van der Waals surface area contributed by atoms with E-state index in [-0.39, 0.29) is 12.0 Å². The molecule has 0 saturated heterocycles. The fraction of sp³-hybridized carbons (Fsp3) is 0.833. The SMILES string of the molecule is CC(C)(CO)C[C]=O. The highest BCUT2D eigenvalue weighted by Gasteiger charge is 2.14. The lowest BCUT2D eigenvalue weighted by Crippen LogP contribution is -2.16. The van der Waals surface area contributed by atoms with Crippen molar-refractivity contribution < 1.29 is 9.90 Å². The maximum Gasteiger partial charge on any atom is 0.199 e. The first-order valence-corrected chi connectivity index (χ1v) is 2.58. The van der Waals surface area contributed by atoms with Gasteiger partial charge in [0.2, 0.25) is 0 Å². The average Bonchev–Trinajstić information content (AvgIpc) is 1.67. The van der Waals surface area contributed by atoms with Gasteiger partial charge in [0, 0.05) is 13.0 Å². The van der Waals surface area contributed by atoms with E-state index in [9.17, 15) is 4.79 Å². The van der Waals surface area contributed by atoms with E-state index in [1.807, 2.05) is 13.8 Å². The molecule has 0 heterocycles. The van der Waals surface area contributed by atoms with Gasteiger partial charge in [0.1, 0.15) is 0 Å². The fourth-order valence-corrected chi connectivity index (χ4v) is 0.251. The van der Waals surface area contributed by atoms with Crippen LogP contribution in [0, 0.1) is 5.41 Å². The van der Waals surface area contributed by atoms with Crippen molar-refractivity contribution in [2.75, 3.05) is 6.61 Å². The molecule has 0 spiro atoms. The second-order valence-corrected chi connectivity index (χ2v) is 2.64. The molecule has 0 unspecified atom stereocenters. The molecule has 0 aromatic rings. The molecule has 0 aliphatic rings. The van der Waals surface area contributed by atoms with Gasteiger partial charge < -0.3 is 5.11 Å². The van der Waals surface area contributed by atoms with E-state index in [0.29, 0.717) is 6.42 Å². The normalized spacial score (nSPS) is 11.4. The molecule has 0 bridgehead atoms. The van der Waals surface area contributed by atoms with Gasteiger partial charge in [0.15, 0.2) is 6.29 Å². The second-order valence-electron chi connectivity index (χ2n) is 2.64. The molecule has 0 rings (SSSR count). The van der Waals surface area contributed by atoms with Crippen LogP contribution in [-0.2, 0) is 4.79 Å². The molecule has 2 heteroatoms. The molecule has 0 aromatic carbocycles. The maximum absolute atomic E-state index is 9.74. The lowest BCUT2D eigenvalue weighted by Gasteiger charge is -2.16. The quantitative estimate of drug-likeness (QED) is 0.581. The Bertz CT molecular complexity index is 76.6. The van der Waals surface area contributed by atoms with Gasteiger partial charge in [-0.15, -0.1) is 0 Å². The molecule has 0 aliphatic heterocycles. The fourth-order valence-electron chi connectivity index (χ4n) is 0.251. The van der Waals surface area contributed by atoms with Crippen LogP contribution < -0.4 is 0 Å². The van der Waals surface area contributed by atoms with Gasteiger partial charge in [-0.05, 0) is 5.41 Å². The minimum Gasteiger partial charge on any atom is -0.396 e. The van der Waals surface area contributed by atoms with Gasteiger partial charge in [-0.2, -0.15) is 0 Å². The van der Waals surface area contributed by atoms with Crippen LogP contribution in [0.15, 0.2) is 0 Å². The molecule has 0 fully saturated rings. The summed E-state index contributed by atoms with van der Waals surface area (Å²) < 4.78 is 0. The summed E-state index contributed by atoms with van der Waals surface area (Å²) in [6, 6.07) is 0. The Morgan fingerprint density at radius 2 is 2.12 bits per heavy atom. The molecule has 0 atom stereocenters. The highest BCUT2D eigenvalue weighted by molar-refractivity contribution is 5.51. The summed E-state index contributed by atoms with van der Waals surface area (Å²) in [5.41, 5.74) is -0.276. The summed E-state index contributed by atoms with van der Waals surface area (Å²) in [6.45, 7) is 3.68. The molecule has 8 heavy (non-hydrogen) atoms. The second kappa shape index (κ2) is 2.82. The number of aliphatic hydroxyl groups excluding tert-OH is 1. The van der Waals surface area contributed by atoms with Crippen molar-refractivity contribution >= 4 is 6.29 Å². The molecule has 0 aliphatic carbocycles. The minimum atomic E-state index is -0.276. The van der Waals surface area contributed by atoms with Gasteiger partial charge in [0.25, 0.3) is 0 Å². The largest absolute Gasteiger partial charge is 0.396 e. The van der Waals surface area contributed by atoms with E-state index in [4.69, 9.17) is 5.11 Å². The van der Waals surface area contributed by atoms with E-state index in [1.165, 1.54) is 0 Å². The topological polar surface area (TPSA) is 37.3 Å². The van der Waals surface area contributed by atoms with Crippen LogP contribution in [-0.4, -0.2) is 18.0 Å². The third kappa shape index (κ3) is 2.75. The predicted octanol–water partition coefficient (Wildman–Crippen LogP) is 0.505. The minimum absolute atomic E-state index is 0.0439. The molecule has 2 nitrogen and oxygen atoms in total. The standard InChI is InChI=1S/C6H11O2/c1-6(2,5-8)3-4-7/h8H,3,5H2,1-2H3.